The van der Waals surface area contributed by atoms with Crippen LogP contribution in [0.25, 0.3) is 0 Å². The van der Waals surface area contributed by atoms with Gasteiger partial charge in [0.15, 0.2) is 5.76 Å². The lowest BCUT2D eigenvalue weighted by Crippen LogP contribution is -2.09. The molecule has 0 fully saturated rings. The standard InChI is InChI=1S/C5H4N2O4/c6-5(8)3-1-2-4(11-3)7(9)10/h1-2H,(H2,6,8). The molecule has 1 aromatic rings. The fraction of sp³-hybridized carbons (Fsp3) is 0. The van der Waals surface area contributed by atoms with Gasteiger partial charge in [-0.1, -0.05) is 0 Å². The first-order valence-corrected chi connectivity index (χ1v) is 2.65. The highest BCUT2D eigenvalue weighted by Crippen LogP contribution is 2.14. The van der Waals surface area contributed by atoms with Crippen LogP contribution in [-0.2, 0) is 0 Å². The molecule has 2 N–H and O–H groups in total. The Morgan fingerprint density at radius 3 is 2.55 bits per heavy atom. The van der Waals surface area contributed by atoms with Crippen molar-refractivity contribution in [2.75, 3.05) is 0 Å². The van der Waals surface area contributed by atoms with Gasteiger partial charge in [0.05, 0.1) is 6.07 Å². The Kier molecular flexibility index (Phi) is 1.59. The summed E-state index contributed by atoms with van der Waals surface area (Å²) in [6.45, 7) is 0. The van der Waals surface area contributed by atoms with Crippen LogP contribution < -0.4 is 5.73 Å². The highest BCUT2D eigenvalue weighted by atomic mass is 16.6. The fourth-order valence-corrected chi connectivity index (χ4v) is 0.558. The van der Waals surface area contributed by atoms with Gasteiger partial charge in [0.25, 0.3) is 5.91 Å². The number of primary amides is 1. The predicted octanol–water partition coefficient (Wildman–Crippen LogP) is 0.287. The minimum atomic E-state index is -0.821. The molecule has 1 rings (SSSR count). The first kappa shape index (κ1) is 7.26. The van der Waals surface area contributed by atoms with Crippen molar-refractivity contribution >= 4 is 11.8 Å². The van der Waals surface area contributed by atoms with E-state index >= 15 is 0 Å². The van der Waals surface area contributed by atoms with Crippen LogP contribution in [0.1, 0.15) is 10.6 Å². The summed E-state index contributed by atoms with van der Waals surface area (Å²) in [6.07, 6.45) is 0. The summed E-state index contributed by atoms with van der Waals surface area (Å²) in [6, 6.07) is 2.22. The van der Waals surface area contributed by atoms with Crippen molar-refractivity contribution in [3.63, 3.8) is 0 Å². The average molecular weight is 156 g/mol. The van der Waals surface area contributed by atoms with Gasteiger partial charge in [-0.15, -0.1) is 0 Å². The number of amides is 1. The number of carbonyl (C=O) groups is 1. The van der Waals surface area contributed by atoms with Gasteiger partial charge in [-0.25, -0.2) is 0 Å². The maximum atomic E-state index is 10.3. The molecular formula is C5H4N2O4. The van der Waals surface area contributed by atoms with Gasteiger partial charge >= 0.3 is 5.88 Å². The van der Waals surface area contributed by atoms with Crippen molar-refractivity contribution in [2.45, 2.75) is 0 Å². The minimum Gasteiger partial charge on any atom is -0.395 e. The Hall–Kier alpha value is -1.85. The molecule has 6 nitrogen and oxygen atoms in total. The molecule has 58 valence electrons. The summed E-state index contributed by atoms with van der Waals surface area (Å²) in [5, 5.41) is 10.00. The molecule has 1 amide bonds. The van der Waals surface area contributed by atoms with Gasteiger partial charge in [0.2, 0.25) is 0 Å². The monoisotopic (exact) mass is 156 g/mol. The lowest BCUT2D eigenvalue weighted by molar-refractivity contribution is -0.402. The molecule has 1 aromatic heterocycles. The molecule has 1 heterocycles. The number of furan rings is 1. The van der Waals surface area contributed by atoms with E-state index in [1.54, 1.807) is 0 Å². The van der Waals surface area contributed by atoms with Crippen LogP contribution in [0.5, 0.6) is 0 Å². The van der Waals surface area contributed by atoms with Gasteiger partial charge in [-0.3, -0.25) is 14.9 Å². The van der Waals surface area contributed by atoms with Crippen LogP contribution in [0.3, 0.4) is 0 Å². The Balaban J connectivity index is 2.99. The van der Waals surface area contributed by atoms with Gasteiger partial charge < -0.3 is 10.2 Å². The van der Waals surface area contributed by atoms with Crippen molar-refractivity contribution in [2.24, 2.45) is 5.73 Å². The van der Waals surface area contributed by atoms with Crippen molar-refractivity contribution in [1.29, 1.82) is 0 Å². The van der Waals surface area contributed by atoms with Crippen LogP contribution in [0, 0.1) is 10.1 Å². The molecule has 0 aliphatic rings. The van der Waals surface area contributed by atoms with Crippen LogP contribution in [0.2, 0.25) is 0 Å². The Bertz CT molecular complexity index is 275. The van der Waals surface area contributed by atoms with Gasteiger partial charge in [0, 0.05) is 0 Å². The van der Waals surface area contributed by atoms with Gasteiger partial charge in [-0.05, 0) is 6.07 Å². The third-order valence-corrected chi connectivity index (χ3v) is 1.01. The maximum absolute atomic E-state index is 10.3. The second kappa shape index (κ2) is 2.41. The molecular weight excluding hydrogens is 152 g/mol. The van der Waals surface area contributed by atoms with Crippen molar-refractivity contribution < 1.29 is 14.1 Å². The highest BCUT2D eigenvalue weighted by Gasteiger charge is 2.14. The Morgan fingerprint density at radius 2 is 2.27 bits per heavy atom. The number of hydrogen-bond donors (Lipinski definition) is 1. The quantitative estimate of drug-likeness (QED) is 0.491. The zero-order valence-corrected chi connectivity index (χ0v) is 5.31. The third kappa shape index (κ3) is 1.34. The Labute approximate surface area is 60.7 Å². The second-order valence-electron chi connectivity index (χ2n) is 1.76. The second-order valence-corrected chi connectivity index (χ2v) is 1.76. The summed E-state index contributed by atoms with van der Waals surface area (Å²) < 4.78 is 4.43. The number of carbonyl (C=O) groups excluding carboxylic acids is 1. The van der Waals surface area contributed by atoms with E-state index in [4.69, 9.17) is 5.73 Å². The van der Waals surface area contributed by atoms with E-state index in [9.17, 15) is 14.9 Å². The molecule has 0 aromatic carbocycles. The summed E-state index contributed by atoms with van der Waals surface area (Å²) in [5.74, 6) is -1.52. The van der Waals surface area contributed by atoms with E-state index in [-0.39, 0.29) is 5.76 Å². The Morgan fingerprint density at radius 1 is 1.64 bits per heavy atom. The van der Waals surface area contributed by atoms with E-state index in [1.807, 2.05) is 0 Å². The normalized spacial score (nSPS) is 9.45. The number of nitrogens with zero attached hydrogens (tertiary/aromatic N) is 1. The molecule has 11 heavy (non-hydrogen) atoms. The molecule has 0 radical (unpaired) electrons. The molecule has 0 bridgehead atoms. The molecule has 6 heteroatoms. The van der Waals surface area contributed by atoms with E-state index in [0.717, 1.165) is 12.1 Å². The first-order valence-electron chi connectivity index (χ1n) is 2.65. The van der Waals surface area contributed by atoms with Crippen molar-refractivity contribution in [3.8, 4) is 0 Å². The van der Waals surface area contributed by atoms with Crippen LogP contribution in [0.15, 0.2) is 16.5 Å². The fourth-order valence-electron chi connectivity index (χ4n) is 0.558. The lowest BCUT2D eigenvalue weighted by Gasteiger charge is -1.83. The molecule has 0 aliphatic heterocycles. The number of rotatable bonds is 2. The number of nitro groups is 1. The van der Waals surface area contributed by atoms with E-state index in [0.29, 0.717) is 0 Å². The van der Waals surface area contributed by atoms with Crippen molar-refractivity contribution in [1.82, 2.24) is 0 Å². The summed E-state index contributed by atoms with van der Waals surface area (Å²) in [7, 11) is 0. The molecule has 0 aliphatic carbocycles. The maximum Gasteiger partial charge on any atom is 0.433 e. The number of hydrogen-bond acceptors (Lipinski definition) is 4. The minimum absolute atomic E-state index is 0.211. The van der Waals surface area contributed by atoms with Crippen LogP contribution in [-0.4, -0.2) is 10.8 Å². The SMILES string of the molecule is NC(=O)c1ccc([N+](=O)[O-])o1. The number of nitrogens with two attached hydrogens (primary N) is 1. The van der Waals surface area contributed by atoms with Crippen molar-refractivity contribution in [3.05, 3.63) is 28.0 Å². The average Bonchev–Trinajstić information content (AvgIpc) is 2.33. The first-order chi connectivity index (χ1) is 5.11. The summed E-state index contributed by atoms with van der Waals surface area (Å²) in [5.41, 5.74) is 4.77. The zero-order chi connectivity index (χ0) is 8.43. The molecule has 0 saturated heterocycles. The van der Waals surface area contributed by atoms with E-state index in [2.05, 4.69) is 4.42 Å². The lowest BCUT2D eigenvalue weighted by atomic mass is 10.4. The third-order valence-electron chi connectivity index (χ3n) is 1.01. The van der Waals surface area contributed by atoms with Gasteiger partial charge in [0.1, 0.15) is 4.92 Å². The van der Waals surface area contributed by atoms with Crippen LogP contribution in [0.4, 0.5) is 5.88 Å². The molecule has 0 saturated carbocycles. The molecule has 0 spiro atoms. The zero-order valence-electron chi connectivity index (χ0n) is 5.31. The van der Waals surface area contributed by atoms with Crippen LogP contribution >= 0.6 is 0 Å². The summed E-state index contributed by atoms with van der Waals surface area (Å²) >= 11 is 0. The summed E-state index contributed by atoms with van der Waals surface area (Å²) in [4.78, 5) is 19.6. The van der Waals surface area contributed by atoms with Gasteiger partial charge in [-0.2, -0.15) is 0 Å². The molecule has 0 unspecified atom stereocenters. The van der Waals surface area contributed by atoms with E-state index < -0.39 is 16.7 Å². The highest BCUT2D eigenvalue weighted by molar-refractivity contribution is 5.90. The smallest absolute Gasteiger partial charge is 0.395 e. The molecule has 0 atom stereocenters. The van der Waals surface area contributed by atoms with E-state index in [1.165, 1.54) is 0 Å². The topological polar surface area (TPSA) is 99.4 Å². The predicted molar refractivity (Wildman–Crippen MR) is 33.9 cm³/mol. The largest absolute Gasteiger partial charge is 0.433 e.